The summed E-state index contributed by atoms with van der Waals surface area (Å²) in [6.07, 6.45) is 3.88. The third-order valence-corrected chi connectivity index (χ3v) is 6.26. The molecule has 142 valence electrons. The molecule has 0 aromatic heterocycles. The fraction of sp³-hybridized carbons (Fsp3) is 0.895. The standard InChI is InChI=1S/C19H30O6/c1-4-16(2,3)15(21)24-6-5-14(20)25-19-9-13-7-17(22,11-19)10-18(23,8-13)12-19/h13,22-23H,4-12H2,1-3H3. The summed E-state index contributed by atoms with van der Waals surface area (Å²) in [7, 11) is 0. The highest BCUT2D eigenvalue weighted by Crippen LogP contribution is 2.60. The number of ether oxygens (including phenoxy) is 2. The second kappa shape index (κ2) is 5.95. The first-order valence-corrected chi connectivity index (χ1v) is 9.33. The fourth-order valence-electron chi connectivity index (χ4n) is 5.22. The SMILES string of the molecule is CCC(C)(C)C(=O)OCCC(=O)OC12CC3CC(O)(CC(O)(C3)C1)C2. The molecular weight excluding hydrogens is 324 g/mol. The van der Waals surface area contributed by atoms with Gasteiger partial charge in [0, 0.05) is 19.3 Å². The molecule has 4 aliphatic carbocycles. The fourth-order valence-corrected chi connectivity index (χ4v) is 5.22. The van der Waals surface area contributed by atoms with E-state index in [-0.39, 0.29) is 24.9 Å². The molecular formula is C19H30O6. The largest absolute Gasteiger partial charge is 0.465 e. The van der Waals surface area contributed by atoms with Crippen molar-refractivity contribution in [2.24, 2.45) is 11.3 Å². The highest BCUT2D eigenvalue weighted by Gasteiger charge is 2.64. The molecule has 4 bridgehead atoms. The lowest BCUT2D eigenvalue weighted by Gasteiger charge is -2.62. The van der Waals surface area contributed by atoms with Crippen LogP contribution in [-0.2, 0) is 19.1 Å². The zero-order valence-electron chi connectivity index (χ0n) is 15.5. The Morgan fingerprint density at radius 1 is 1.08 bits per heavy atom. The lowest BCUT2D eigenvalue weighted by molar-refractivity contribution is -0.261. The first kappa shape index (κ1) is 18.6. The van der Waals surface area contributed by atoms with E-state index in [0.29, 0.717) is 44.9 Å². The molecule has 0 aliphatic heterocycles. The molecule has 0 heterocycles. The van der Waals surface area contributed by atoms with Gasteiger partial charge >= 0.3 is 11.9 Å². The molecule has 2 N–H and O–H groups in total. The van der Waals surface area contributed by atoms with Crippen molar-refractivity contribution >= 4 is 11.9 Å². The molecule has 0 amide bonds. The smallest absolute Gasteiger partial charge is 0.311 e. The van der Waals surface area contributed by atoms with Gasteiger partial charge in [0.1, 0.15) is 12.2 Å². The van der Waals surface area contributed by atoms with Crippen LogP contribution < -0.4 is 0 Å². The van der Waals surface area contributed by atoms with E-state index in [9.17, 15) is 19.8 Å². The number of hydrogen-bond donors (Lipinski definition) is 2. The molecule has 0 aromatic rings. The molecule has 0 spiro atoms. The Labute approximate surface area is 148 Å². The van der Waals surface area contributed by atoms with Crippen LogP contribution in [-0.4, -0.2) is 45.6 Å². The van der Waals surface area contributed by atoms with Gasteiger partial charge in [-0.2, -0.15) is 0 Å². The van der Waals surface area contributed by atoms with Gasteiger partial charge in [0.15, 0.2) is 0 Å². The number of hydrogen-bond acceptors (Lipinski definition) is 6. The molecule has 6 heteroatoms. The number of rotatable bonds is 6. The molecule has 4 saturated carbocycles. The Hall–Kier alpha value is -1.14. The summed E-state index contributed by atoms with van der Waals surface area (Å²) in [4.78, 5) is 24.2. The maximum absolute atomic E-state index is 12.3. The van der Waals surface area contributed by atoms with Crippen molar-refractivity contribution in [3.05, 3.63) is 0 Å². The van der Waals surface area contributed by atoms with Crippen LogP contribution in [0.4, 0.5) is 0 Å². The third kappa shape index (κ3) is 3.70. The van der Waals surface area contributed by atoms with Crippen LogP contribution in [0.2, 0.25) is 0 Å². The van der Waals surface area contributed by atoms with Gasteiger partial charge in [-0.25, -0.2) is 0 Å². The second-order valence-corrected chi connectivity index (χ2v) is 9.24. The number of esters is 2. The van der Waals surface area contributed by atoms with E-state index < -0.39 is 28.2 Å². The van der Waals surface area contributed by atoms with Crippen molar-refractivity contribution in [2.45, 2.75) is 88.9 Å². The van der Waals surface area contributed by atoms with Crippen LogP contribution in [0.3, 0.4) is 0 Å². The zero-order chi connectivity index (χ0) is 18.5. The van der Waals surface area contributed by atoms with E-state index in [1.54, 1.807) is 0 Å². The molecule has 4 aliphatic rings. The van der Waals surface area contributed by atoms with Crippen molar-refractivity contribution in [3.8, 4) is 0 Å². The lowest BCUT2D eigenvalue weighted by Crippen LogP contribution is -2.66. The minimum absolute atomic E-state index is 0.00482. The monoisotopic (exact) mass is 354 g/mol. The molecule has 4 fully saturated rings. The Balaban J connectivity index is 1.54. The van der Waals surface area contributed by atoms with Crippen LogP contribution >= 0.6 is 0 Å². The number of carbonyl (C=O) groups excluding carboxylic acids is 2. The maximum atomic E-state index is 12.3. The summed E-state index contributed by atoms with van der Waals surface area (Å²) in [5.41, 5.74) is -3.18. The molecule has 6 nitrogen and oxygen atoms in total. The van der Waals surface area contributed by atoms with Crippen molar-refractivity contribution < 1.29 is 29.3 Å². The number of carbonyl (C=O) groups is 2. The van der Waals surface area contributed by atoms with E-state index in [0.717, 1.165) is 0 Å². The molecule has 4 rings (SSSR count). The molecule has 0 radical (unpaired) electrons. The normalized spacial score (nSPS) is 39.3. The van der Waals surface area contributed by atoms with Gasteiger partial charge in [-0.15, -0.1) is 0 Å². The highest BCUT2D eigenvalue weighted by molar-refractivity contribution is 5.76. The second-order valence-electron chi connectivity index (χ2n) is 9.24. The quantitative estimate of drug-likeness (QED) is 0.710. The molecule has 2 unspecified atom stereocenters. The van der Waals surface area contributed by atoms with Crippen molar-refractivity contribution in [2.75, 3.05) is 6.61 Å². The van der Waals surface area contributed by atoms with Crippen molar-refractivity contribution in [1.29, 1.82) is 0 Å². The lowest BCUT2D eigenvalue weighted by atomic mass is 9.50. The third-order valence-electron chi connectivity index (χ3n) is 6.26. The average Bonchev–Trinajstić information content (AvgIpc) is 2.42. The predicted molar refractivity (Wildman–Crippen MR) is 89.6 cm³/mol. The summed E-state index contributed by atoms with van der Waals surface area (Å²) < 4.78 is 10.9. The van der Waals surface area contributed by atoms with Crippen LogP contribution in [0.25, 0.3) is 0 Å². The highest BCUT2D eigenvalue weighted by atomic mass is 16.6. The minimum Gasteiger partial charge on any atom is -0.465 e. The Morgan fingerprint density at radius 2 is 1.68 bits per heavy atom. The van der Waals surface area contributed by atoms with Gasteiger partial charge < -0.3 is 19.7 Å². The number of aliphatic hydroxyl groups is 2. The van der Waals surface area contributed by atoms with Gasteiger partial charge in [-0.3, -0.25) is 9.59 Å². The summed E-state index contributed by atoms with van der Waals surface area (Å²) in [6.45, 7) is 5.53. The van der Waals surface area contributed by atoms with E-state index in [4.69, 9.17) is 9.47 Å². The van der Waals surface area contributed by atoms with Gasteiger partial charge in [-0.1, -0.05) is 6.92 Å². The Kier molecular flexibility index (Phi) is 4.44. The Morgan fingerprint density at radius 3 is 2.20 bits per heavy atom. The topological polar surface area (TPSA) is 93.1 Å². The van der Waals surface area contributed by atoms with Crippen molar-refractivity contribution in [1.82, 2.24) is 0 Å². The van der Waals surface area contributed by atoms with Crippen LogP contribution in [0.1, 0.15) is 72.1 Å². The van der Waals surface area contributed by atoms with Gasteiger partial charge in [0.25, 0.3) is 0 Å². The van der Waals surface area contributed by atoms with E-state index >= 15 is 0 Å². The van der Waals surface area contributed by atoms with Crippen LogP contribution in [0.15, 0.2) is 0 Å². The van der Waals surface area contributed by atoms with E-state index in [1.807, 2.05) is 20.8 Å². The molecule has 2 atom stereocenters. The average molecular weight is 354 g/mol. The minimum atomic E-state index is -0.925. The van der Waals surface area contributed by atoms with E-state index in [2.05, 4.69) is 0 Å². The molecule has 25 heavy (non-hydrogen) atoms. The summed E-state index contributed by atoms with van der Waals surface area (Å²) in [5, 5.41) is 21.4. The van der Waals surface area contributed by atoms with Gasteiger partial charge in [0.05, 0.1) is 23.0 Å². The first-order chi connectivity index (χ1) is 11.5. The van der Waals surface area contributed by atoms with Gasteiger partial charge in [-0.05, 0) is 45.4 Å². The zero-order valence-corrected chi connectivity index (χ0v) is 15.5. The van der Waals surface area contributed by atoms with Crippen LogP contribution in [0, 0.1) is 11.3 Å². The Bertz CT molecular complexity index is 550. The predicted octanol–water partition coefficient (Wildman–Crippen LogP) is 2.10. The van der Waals surface area contributed by atoms with E-state index in [1.165, 1.54) is 0 Å². The van der Waals surface area contributed by atoms with Gasteiger partial charge in [0.2, 0.25) is 0 Å². The first-order valence-electron chi connectivity index (χ1n) is 9.33. The summed E-state index contributed by atoms with van der Waals surface area (Å²) >= 11 is 0. The van der Waals surface area contributed by atoms with Crippen molar-refractivity contribution in [3.63, 3.8) is 0 Å². The molecule has 0 aromatic carbocycles. The summed E-state index contributed by atoms with van der Waals surface area (Å²) in [6, 6.07) is 0. The maximum Gasteiger partial charge on any atom is 0.311 e. The molecule has 0 saturated heterocycles. The summed E-state index contributed by atoms with van der Waals surface area (Å²) in [5.74, 6) is -0.556. The van der Waals surface area contributed by atoms with Crippen LogP contribution in [0.5, 0.6) is 0 Å².